The molecule has 1 heterocycles. The molecule has 0 bridgehead atoms. The van der Waals surface area contributed by atoms with Crippen molar-refractivity contribution in [3.8, 4) is 0 Å². The van der Waals surface area contributed by atoms with Gasteiger partial charge in [-0.25, -0.2) is 0 Å². The summed E-state index contributed by atoms with van der Waals surface area (Å²) in [5.41, 5.74) is 0. The second kappa shape index (κ2) is 3.78. The van der Waals surface area contributed by atoms with Crippen LogP contribution in [0.25, 0.3) is 0 Å². The van der Waals surface area contributed by atoms with Crippen LogP contribution in [0, 0.1) is 11.8 Å². The van der Waals surface area contributed by atoms with Gasteiger partial charge in [0, 0.05) is 19.1 Å². The SMILES string of the molecule is CC1NCC(CO)C(C=O)C1=O. The van der Waals surface area contributed by atoms with E-state index in [1.165, 1.54) is 0 Å². The van der Waals surface area contributed by atoms with E-state index < -0.39 is 5.92 Å². The topological polar surface area (TPSA) is 66.4 Å². The van der Waals surface area contributed by atoms with E-state index in [0.717, 1.165) is 0 Å². The van der Waals surface area contributed by atoms with Crippen LogP contribution in [0.1, 0.15) is 6.92 Å². The van der Waals surface area contributed by atoms with Crippen LogP contribution in [-0.4, -0.2) is 36.4 Å². The normalized spacial score (nSPS) is 36.5. The first kappa shape index (κ1) is 9.35. The zero-order valence-electron chi connectivity index (χ0n) is 6.99. The highest BCUT2D eigenvalue weighted by Crippen LogP contribution is 2.16. The number of piperidine rings is 1. The Morgan fingerprint density at radius 1 is 1.75 bits per heavy atom. The molecule has 4 heteroatoms. The fourth-order valence-electron chi connectivity index (χ4n) is 1.43. The molecular formula is C8H13NO3. The van der Waals surface area contributed by atoms with Crippen LogP contribution in [0.5, 0.6) is 0 Å². The number of aliphatic hydroxyl groups is 1. The zero-order valence-corrected chi connectivity index (χ0v) is 6.99. The fraction of sp³-hybridized carbons (Fsp3) is 0.750. The van der Waals surface area contributed by atoms with Gasteiger partial charge in [0.1, 0.15) is 6.29 Å². The average molecular weight is 171 g/mol. The molecule has 1 aliphatic heterocycles. The molecule has 0 aliphatic carbocycles. The molecule has 1 fully saturated rings. The van der Waals surface area contributed by atoms with Gasteiger partial charge in [-0.05, 0) is 6.92 Å². The van der Waals surface area contributed by atoms with Crippen LogP contribution >= 0.6 is 0 Å². The van der Waals surface area contributed by atoms with Crippen LogP contribution in [0.3, 0.4) is 0 Å². The Balaban J connectivity index is 2.71. The van der Waals surface area contributed by atoms with Gasteiger partial charge >= 0.3 is 0 Å². The van der Waals surface area contributed by atoms with Crippen LogP contribution in [-0.2, 0) is 9.59 Å². The number of hydrogen-bond acceptors (Lipinski definition) is 4. The smallest absolute Gasteiger partial charge is 0.160 e. The highest BCUT2D eigenvalue weighted by atomic mass is 16.3. The fourth-order valence-corrected chi connectivity index (χ4v) is 1.43. The maximum absolute atomic E-state index is 11.3. The molecule has 1 saturated heterocycles. The monoisotopic (exact) mass is 171 g/mol. The molecule has 4 nitrogen and oxygen atoms in total. The van der Waals surface area contributed by atoms with Gasteiger partial charge in [-0.15, -0.1) is 0 Å². The Morgan fingerprint density at radius 3 is 2.92 bits per heavy atom. The Bertz CT molecular complexity index is 193. The molecular weight excluding hydrogens is 158 g/mol. The largest absolute Gasteiger partial charge is 0.396 e. The van der Waals surface area contributed by atoms with Crippen molar-refractivity contribution in [2.24, 2.45) is 11.8 Å². The summed E-state index contributed by atoms with van der Waals surface area (Å²) in [6.45, 7) is 2.15. The van der Waals surface area contributed by atoms with Gasteiger partial charge in [-0.1, -0.05) is 0 Å². The molecule has 1 aliphatic rings. The minimum absolute atomic E-state index is 0.115. The molecule has 0 spiro atoms. The molecule has 12 heavy (non-hydrogen) atoms. The number of aldehydes is 1. The van der Waals surface area contributed by atoms with Gasteiger partial charge in [0.2, 0.25) is 0 Å². The Kier molecular flexibility index (Phi) is 2.94. The molecule has 3 atom stereocenters. The van der Waals surface area contributed by atoms with Crippen molar-refractivity contribution in [3.05, 3.63) is 0 Å². The van der Waals surface area contributed by atoms with Gasteiger partial charge in [-0.3, -0.25) is 4.79 Å². The second-order valence-electron chi connectivity index (χ2n) is 3.14. The van der Waals surface area contributed by atoms with Crippen molar-refractivity contribution in [1.29, 1.82) is 0 Å². The third kappa shape index (κ3) is 1.54. The number of aliphatic hydroxyl groups excluding tert-OH is 1. The Hall–Kier alpha value is -0.740. The molecule has 3 unspecified atom stereocenters. The lowest BCUT2D eigenvalue weighted by Crippen LogP contribution is -2.51. The van der Waals surface area contributed by atoms with Crippen molar-refractivity contribution >= 4 is 12.1 Å². The lowest BCUT2D eigenvalue weighted by atomic mass is 9.84. The van der Waals surface area contributed by atoms with Gasteiger partial charge in [0.15, 0.2) is 5.78 Å². The number of carbonyl (C=O) groups is 2. The van der Waals surface area contributed by atoms with Crippen molar-refractivity contribution in [2.75, 3.05) is 13.2 Å². The Morgan fingerprint density at radius 2 is 2.42 bits per heavy atom. The Labute approximate surface area is 71.0 Å². The molecule has 68 valence electrons. The summed E-state index contributed by atoms with van der Waals surface area (Å²) >= 11 is 0. The van der Waals surface area contributed by atoms with E-state index >= 15 is 0 Å². The third-order valence-corrected chi connectivity index (χ3v) is 2.33. The summed E-state index contributed by atoms with van der Waals surface area (Å²) in [6, 6.07) is -0.261. The second-order valence-corrected chi connectivity index (χ2v) is 3.14. The standard InChI is InChI=1S/C8H13NO3/c1-5-8(12)7(4-11)6(3-10)2-9-5/h4-7,9-10H,2-3H2,1H3. The van der Waals surface area contributed by atoms with Crippen LogP contribution in [0.4, 0.5) is 0 Å². The molecule has 0 radical (unpaired) electrons. The van der Waals surface area contributed by atoms with Crippen molar-refractivity contribution in [1.82, 2.24) is 5.32 Å². The zero-order chi connectivity index (χ0) is 9.14. The highest BCUT2D eigenvalue weighted by Gasteiger charge is 2.34. The molecule has 0 aromatic heterocycles. The van der Waals surface area contributed by atoms with Crippen LogP contribution in [0.15, 0.2) is 0 Å². The average Bonchev–Trinajstić information content (AvgIpc) is 2.09. The van der Waals surface area contributed by atoms with Crippen molar-refractivity contribution in [2.45, 2.75) is 13.0 Å². The summed E-state index contributed by atoms with van der Waals surface area (Å²) in [5, 5.41) is 11.8. The van der Waals surface area contributed by atoms with Gasteiger partial charge in [0.25, 0.3) is 0 Å². The van der Waals surface area contributed by atoms with E-state index in [0.29, 0.717) is 12.8 Å². The van der Waals surface area contributed by atoms with Gasteiger partial charge in [-0.2, -0.15) is 0 Å². The molecule has 0 amide bonds. The van der Waals surface area contributed by atoms with Crippen molar-refractivity contribution in [3.63, 3.8) is 0 Å². The van der Waals surface area contributed by atoms with E-state index in [2.05, 4.69) is 5.32 Å². The molecule has 1 rings (SSSR count). The van der Waals surface area contributed by atoms with Crippen LogP contribution in [0.2, 0.25) is 0 Å². The number of nitrogens with one attached hydrogen (secondary N) is 1. The minimum atomic E-state index is -0.619. The van der Waals surface area contributed by atoms with Gasteiger partial charge < -0.3 is 15.2 Å². The maximum atomic E-state index is 11.3. The summed E-state index contributed by atoms with van der Waals surface area (Å²) in [4.78, 5) is 21.8. The first-order valence-electron chi connectivity index (χ1n) is 4.04. The van der Waals surface area contributed by atoms with E-state index in [4.69, 9.17) is 5.11 Å². The van der Waals surface area contributed by atoms with E-state index in [9.17, 15) is 9.59 Å². The summed E-state index contributed by atoms with van der Waals surface area (Å²) in [7, 11) is 0. The quantitative estimate of drug-likeness (QED) is 0.412. The van der Waals surface area contributed by atoms with E-state index in [-0.39, 0.29) is 24.3 Å². The lowest BCUT2D eigenvalue weighted by molar-refractivity contribution is -0.133. The first-order valence-corrected chi connectivity index (χ1v) is 4.04. The summed E-state index contributed by atoms with van der Waals surface area (Å²) < 4.78 is 0. The lowest BCUT2D eigenvalue weighted by Gasteiger charge is -2.29. The molecule has 0 aromatic rings. The highest BCUT2D eigenvalue weighted by molar-refractivity contribution is 5.97. The molecule has 0 saturated carbocycles. The predicted molar refractivity (Wildman–Crippen MR) is 42.6 cm³/mol. The third-order valence-electron chi connectivity index (χ3n) is 2.33. The number of Topliss-reactive ketones (excluding diaryl/α,β-unsaturated/α-hetero) is 1. The number of carbonyl (C=O) groups excluding carboxylic acids is 2. The van der Waals surface area contributed by atoms with E-state index in [1.807, 2.05) is 0 Å². The maximum Gasteiger partial charge on any atom is 0.160 e. The van der Waals surface area contributed by atoms with Crippen LogP contribution < -0.4 is 5.32 Å². The minimum Gasteiger partial charge on any atom is -0.396 e. The van der Waals surface area contributed by atoms with E-state index in [1.54, 1.807) is 6.92 Å². The number of ketones is 1. The molecule has 2 N–H and O–H groups in total. The summed E-state index contributed by atoms with van der Waals surface area (Å²) in [6.07, 6.45) is 0.639. The van der Waals surface area contributed by atoms with Crippen molar-refractivity contribution < 1.29 is 14.7 Å². The predicted octanol–water partition coefficient (Wildman–Crippen LogP) is -1.03. The number of rotatable bonds is 2. The first-order chi connectivity index (χ1) is 5.70. The molecule has 0 aromatic carbocycles. The summed E-state index contributed by atoms with van der Waals surface area (Å²) in [5.74, 6) is -0.979. The number of hydrogen-bond donors (Lipinski definition) is 2. The van der Waals surface area contributed by atoms with Gasteiger partial charge in [0.05, 0.1) is 12.0 Å².